The Morgan fingerprint density at radius 3 is 3.11 bits per heavy atom. The van der Waals surface area contributed by atoms with Crippen molar-refractivity contribution in [2.45, 2.75) is 32.6 Å². The molecule has 0 spiro atoms. The Kier molecular flexibility index (Phi) is 3.33. The van der Waals surface area contributed by atoms with Crippen molar-refractivity contribution in [2.24, 2.45) is 5.92 Å². The third-order valence-electron chi connectivity index (χ3n) is 3.21. The van der Waals surface area contributed by atoms with E-state index in [1.165, 1.54) is 0 Å². The molecule has 1 N–H and O–H groups in total. The number of hydrogen-bond acceptors (Lipinski definition) is 5. The number of rotatable bonds is 4. The van der Waals surface area contributed by atoms with E-state index in [4.69, 9.17) is 9.26 Å². The van der Waals surface area contributed by atoms with Gasteiger partial charge in [0.25, 0.3) is 5.89 Å². The molecule has 0 aliphatic carbocycles. The van der Waals surface area contributed by atoms with Crippen LogP contribution in [0.15, 0.2) is 10.6 Å². The number of aromatic amines is 1. The van der Waals surface area contributed by atoms with Gasteiger partial charge in [0.15, 0.2) is 11.5 Å². The first-order chi connectivity index (χ1) is 9.22. The van der Waals surface area contributed by atoms with Crippen molar-refractivity contribution < 1.29 is 9.26 Å². The van der Waals surface area contributed by atoms with Gasteiger partial charge in [0.2, 0.25) is 0 Å². The summed E-state index contributed by atoms with van der Waals surface area (Å²) in [6, 6.07) is 1.97. The van der Waals surface area contributed by atoms with Gasteiger partial charge in [-0.3, -0.25) is 5.10 Å². The molecule has 102 valence electrons. The van der Waals surface area contributed by atoms with Gasteiger partial charge >= 0.3 is 0 Å². The SMILES string of the molecule is CC(C)Cc1cc(-c2nc(C3CCOC3)no2)n[nH]1. The van der Waals surface area contributed by atoms with Crippen molar-refractivity contribution in [3.8, 4) is 11.6 Å². The Morgan fingerprint density at radius 2 is 2.37 bits per heavy atom. The van der Waals surface area contributed by atoms with Crippen LogP contribution in [0.2, 0.25) is 0 Å². The van der Waals surface area contributed by atoms with Crippen LogP contribution in [-0.2, 0) is 11.2 Å². The summed E-state index contributed by atoms with van der Waals surface area (Å²) >= 11 is 0. The molecule has 1 saturated heterocycles. The minimum atomic E-state index is 0.256. The smallest absolute Gasteiger partial charge is 0.278 e. The zero-order valence-electron chi connectivity index (χ0n) is 11.2. The number of aromatic nitrogens is 4. The zero-order valence-corrected chi connectivity index (χ0v) is 11.2. The summed E-state index contributed by atoms with van der Waals surface area (Å²) in [5.41, 5.74) is 1.81. The fraction of sp³-hybridized carbons (Fsp3) is 0.615. The van der Waals surface area contributed by atoms with E-state index in [0.717, 1.165) is 31.0 Å². The second kappa shape index (κ2) is 5.13. The highest BCUT2D eigenvalue weighted by molar-refractivity contribution is 5.46. The number of nitrogens with zero attached hydrogens (tertiary/aromatic N) is 3. The van der Waals surface area contributed by atoms with Crippen LogP contribution in [0, 0.1) is 5.92 Å². The van der Waals surface area contributed by atoms with E-state index in [0.29, 0.717) is 24.1 Å². The molecule has 1 aliphatic heterocycles. The van der Waals surface area contributed by atoms with Crippen LogP contribution < -0.4 is 0 Å². The van der Waals surface area contributed by atoms with E-state index in [9.17, 15) is 0 Å². The predicted molar refractivity (Wildman–Crippen MR) is 68.6 cm³/mol. The van der Waals surface area contributed by atoms with Gasteiger partial charge in [-0.25, -0.2) is 0 Å². The third-order valence-corrected chi connectivity index (χ3v) is 3.21. The van der Waals surface area contributed by atoms with Crippen molar-refractivity contribution in [3.05, 3.63) is 17.6 Å². The Balaban J connectivity index is 1.76. The highest BCUT2D eigenvalue weighted by atomic mass is 16.5. The molecule has 19 heavy (non-hydrogen) atoms. The Morgan fingerprint density at radius 1 is 1.47 bits per heavy atom. The van der Waals surface area contributed by atoms with Gasteiger partial charge in [0, 0.05) is 18.2 Å². The van der Waals surface area contributed by atoms with Crippen LogP contribution in [0.4, 0.5) is 0 Å². The summed E-state index contributed by atoms with van der Waals surface area (Å²) in [4.78, 5) is 4.41. The van der Waals surface area contributed by atoms with E-state index in [2.05, 4.69) is 34.2 Å². The molecule has 3 rings (SSSR count). The van der Waals surface area contributed by atoms with Gasteiger partial charge in [0.05, 0.1) is 6.61 Å². The maximum Gasteiger partial charge on any atom is 0.278 e. The van der Waals surface area contributed by atoms with Gasteiger partial charge in [-0.15, -0.1) is 0 Å². The van der Waals surface area contributed by atoms with Crippen molar-refractivity contribution in [1.29, 1.82) is 0 Å². The molecule has 2 aromatic rings. The molecule has 0 bridgehead atoms. The maximum atomic E-state index is 5.33. The number of hydrogen-bond donors (Lipinski definition) is 1. The van der Waals surface area contributed by atoms with Crippen LogP contribution in [0.25, 0.3) is 11.6 Å². The number of H-pyrrole nitrogens is 1. The van der Waals surface area contributed by atoms with E-state index >= 15 is 0 Å². The second-order valence-electron chi connectivity index (χ2n) is 5.39. The van der Waals surface area contributed by atoms with Gasteiger partial charge < -0.3 is 9.26 Å². The van der Waals surface area contributed by atoms with E-state index < -0.39 is 0 Å². The maximum absolute atomic E-state index is 5.33. The van der Waals surface area contributed by atoms with E-state index in [-0.39, 0.29) is 5.92 Å². The summed E-state index contributed by atoms with van der Waals surface area (Å²) in [6.07, 6.45) is 1.92. The summed E-state index contributed by atoms with van der Waals surface area (Å²) in [5.74, 6) is 2.04. The molecule has 0 radical (unpaired) electrons. The summed E-state index contributed by atoms with van der Waals surface area (Å²) in [5, 5.41) is 11.3. The minimum Gasteiger partial charge on any atom is -0.381 e. The number of ether oxygens (including phenoxy) is 1. The van der Waals surface area contributed by atoms with Crippen LogP contribution in [-0.4, -0.2) is 33.6 Å². The Hall–Kier alpha value is -1.69. The standard InChI is InChI=1S/C13H18N4O2/c1-8(2)5-10-6-11(16-15-10)13-14-12(17-19-13)9-3-4-18-7-9/h6,8-9H,3-5,7H2,1-2H3,(H,15,16). The normalized spacial score (nSPS) is 19.4. The van der Waals surface area contributed by atoms with Crippen molar-refractivity contribution in [2.75, 3.05) is 13.2 Å². The molecule has 0 saturated carbocycles. The van der Waals surface area contributed by atoms with Crippen molar-refractivity contribution in [1.82, 2.24) is 20.3 Å². The lowest BCUT2D eigenvalue weighted by atomic mass is 10.1. The van der Waals surface area contributed by atoms with Crippen LogP contribution in [0.1, 0.15) is 37.7 Å². The Bertz CT molecular complexity index is 540. The van der Waals surface area contributed by atoms with E-state index in [1.54, 1.807) is 0 Å². The molecule has 1 unspecified atom stereocenters. The molecule has 2 aromatic heterocycles. The quantitative estimate of drug-likeness (QED) is 0.913. The molecule has 1 fully saturated rings. The van der Waals surface area contributed by atoms with Gasteiger partial charge in [0.1, 0.15) is 0 Å². The fourth-order valence-corrected chi connectivity index (χ4v) is 2.26. The van der Waals surface area contributed by atoms with Crippen molar-refractivity contribution >= 4 is 0 Å². The summed E-state index contributed by atoms with van der Waals surface area (Å²) < 4.78 is 10.6. The first-order valence-corrected chi connectivity index (χ1v) is 6.68. The monoisotopic (exact) mass is 262 g/mol. The highest BCUT2D eigenvalue weighted by Crippen LogP contribution is 2.25. The topological polar surface area (TPSA) is 76.8 Å². The molecule has 0 amide bonds. The van der Waals surface area contributed by atoms with Gasteiger partial charge in [-0.05, 0) is 24.8 Å². The third kappa shape index (κ3) is 2.68. The second-order valence-corrected chi connectivity index (χ2v) is 5.39. The largest absolute Gasteiger partial charge is 0.381 e. The van der Waals surface area contributed by atoms with Crippen LogP contribution in [0.3, 0.4) is 0 Å². The fourth-order valence-electron chi connectivity index (χ4n) is 2.26. The van der Waals surface area contributed by atoms with Gasteiger partial charge in [-0.2, -0.15) is 10.1 Å². The number of nitrogens with one attached hydrogen (secondary N) is 1. The zero-order chi connectivity index (χ0) is 13.2. The lowest BCUT2D eigenvalue weighted by Crippen LogP contribution is -1.99. The summed E-state index contributed by atoms with van der Waals surface area (Å²) in [6.45, 7) is 5.80. The highest BCUT2D eigenvalue weighted by Gasteiger charge is 2.24. The average Bonchev–Trinajstić information content (AvgIpc) is 3.09. The first-order valence-electron chi connectivity index (χ1n) is 6.68. The molecule has 6 nitrogen and oxygen atoms in total. The minimum absolute atomic E-state index is 0.256. The molecule has 1 atom stereocenters. The van der Waals surface area contributed by atoms with Crippen LogP contribution in [0.5, 0.6) is 0 Å². The van der Waals surface area contributed by atoms with Crippen molar-refractivity contribution in [3.63, 3.8) is 0 Å². The molecule has 6 heteroatoms. The Labute approximate surface area is 111 Å². The molecule has 1 aliphatic rings. The molecular formula is C13H18N4O2. The predicted octanol–water partition coefficient (Wildman–Crippen LogP) is 2.16. The van der Waals surface area contributed by atoms with Gasteiger partial charge in [-0.1, -0.05) is 19.0 Å². The summed E-state index contributed by atoms with van der Waals surface area (Å²) in [7, 11) is 0. The lowest BCUT2D eigenvalue weighted by Gasteiger charge is -1.98. The average molecular weight is 262 g/mol. The molecule has 3 heterocycles. The first kappa shape index (κ1) is 12.3. The lowest BCUT2D eigenvalue weighted by molar-refractivity contribution is 0.192. The van der Waals surface area contributed by atoms with Crippen LogP contribution >= 0.6 is 0 Å². The van der Waals surface area contributed by atoms with E-state index in [1.807, 2.05) is 6.07 Å². The molecule has 0 aromatic carbocycles. The molecular weight excluding hydrogens is 244 g/mol.